The van der Waals surface area contributed by atoms with Crippen molar-refractivity contribution < 1.29 is 4.39 Å². The van der Waals surface area contributed by atoms with Crippen molar-refractivity contribution in [1.82, 2.24) is 15.6 Å². The summed E-state index contributed by atoms with van der Waals surface area (Å²) in [5.74, 6) is 0.518. The molecule has 2 aromatic rings. The highest BCUT2D eigenvalue weighted by Crippen LogP contribution is 2.16. The number of halogens is 2. The fourth-order valence-corrected chi connectivity index (χ4v) is 3.05. The van der Waals surface area contributed by atoms with Gasteiger partial charge in [-0.15, -0.1) is 35.3 Å². The Labute approximate surface area is 157 Å². The molecule has 23 heavy (non-hydrogen) atoms. The molecular weight excluding hydrogens is 426 g/mol. The maximum Gasteiger partial charge on any atom is 0.191 e. The summed E-state index contributed by atoms with van der Waals surface area (Å²) >= 11 is 1.74. The molecule has 2 N–H and O–H groups in total. The van der Waals surface area contributed by atoms with Crippen LogP contribution in [-0.2, 0) is 13.0 Å². The van der Waals surface area contributed by atoms with Crippen LogP contribution in [0.2, 0.25) is 0 Å². The zero-order valence-corrected chi connectivity index (χ0v) is 16.7. The van der Waals surface area contributed by atoms with Crippen molar-refractivity contribution in [2.24, 2.45) is 4.99 Å². The number of nitrogens with zero attached hydrogens (tertiary/aromatic N) is 2. The quantitative estimate of drug-likeness (QED) is 0.419. The monoisotopic (exact) mass is 448 g/mol. The molecule has 2 rings (SSSR count). The summed E-state index contributed by atoms with van der Waals surface area (Å²) in [7, 11) is 1.74. The van der Waals surface area contributed by atoms with Gasteiger partial charge in [-0.1, -0.05) is 12.1 Å². The molecule has 1 aromatic carbocycles. The lowest BCUT2D eigenvalue weighted by Crippen LogP contribution is -2.37. The number of nitrogens with one attached hydrogen (secondary N) is 2. The smallest absolute Gasteiger partial charge is 0.191 e. The summed E-state index contributed by atoms with van der Waals surface area (Å²) < 4.78 is 12.9. The second-order valence-electron chi connectivity index (χ2n) is 4.97. The van der Waals surface area contributed by atoms with Gasteiger partial charge in [0.25, 0.3) is 0 Å². The molecule has 0 bridgehead atoms. The van der Waals surface area contributed by atoms with Crippen molar-refractivity contribution in [2.45, 2.75) is 26.8 Å². The van der Waals surface area contributed by atoms with E-state index in [0.717, 1.165) is 35.2 Å². The van der Waals surface area contributed by atoms with Gasteiger partial charge in [-0.3, -0.25) is 4.99 Å². The van der Waals surface area contributed by atoms with Crippen molar-refractivity contribution in [3.8, 4) is 0 Å². The van der Waals surface area contributed by atoms with Gasteiger partial charge in [0.2, 0.25) is 0 Å². The SMILES string of the molecule is CN=C(NCCc1sc(C)nc1C)NCc1ccc(F)cc1.I. The average Bonchev–Trinajstić information content (AvgIpc) is 2.82. The summed E-state index contributed by atoms with van der Waals surface area (Å²) in [6, 6.07) is 6.45. The van der Waals surface area contributed by atoms with Gasteiger partial charge < -0.3 is 10.6 Å². The average molecular weight is 448 g/mol. The van der Waals surface area contributed by atoms with E-state index in [2.05, 4.69) is 20.6 Å². The molecule has 0 radical (unpaired) electrons. The van der Waals surface area contributed by atoms with E-state index in [1.165, 1.54) is 17.0 Å². The van der Waals surface area contributed by atoms with Crippen molar-refractivity contribution in [3.63, 3.8) is 0 Å². The van der Waals surface area contributed by atoms with E-state index in [9.17, 15) is 4.39 Å². The number of aliphatic imine (C=N–C) groups is 1. The first-order chi connectivity index (χ1) is 10.6. The molecule has 0 aliphatic heterocycles. The summed E-state index contributed by atoms with van der Waals surface area (Å²) in [5, 5.41) is 7.60. The fraction of sp³-hybridized carbons (Fsp3) is 0.375. The second kappa shape index (κ2) is 9.82. The number of benzene rings is 1. The van der Waals surface area contributed by atoms with E-state index >= 15 is 0 Å². The van der Waals surface area contributed by atoms with E-state index in [4.69, 9.17) is 0 Å². The highest BCUT2D eigenvalue weighted by Gasteiger charge is 2.05. The Morgan fingerprint density at radius 2 is 1.91 bits per heavy atom. The summed E-state index contributed by atoms with van der Waals surface area (Å²) in [4.78, 5) is 9.92. The van der Waals surface area contributed by atoms with Gasteiger partial charge in [0.1, 0.15) is 5.82 Å². The number of aryl methyl sites for hydroxylation is 2. The first-order valence-electron chi connectivity index (χ1n) is 7.20. The van der Waals surface area contributed by atoms with Crippen LogP contribution in [0.15, 0.2) is 29.3 Å². The lowest BCUT2D eigenvalue weighted by molar-refractivity contribution is 0.626. The van der Waals surface area contributed by atoms with Gasteiger partial charge in [-0.25, -0.2) is 9.37 Å². The number of aromatic nitrogens is 1. The molecular formula is C16H22FIN4S. The number of thiazole rings is 1. The highest BCUT2D eigenvalue weighted by molar-refractivity contribution is 14.0. The minimum absolute atomic E-state index is 0. The van der Waals surface area contributed by atoms with Crippen LogP contribution >= 0.6 is 35.3 Å². The molecule has 0 fully saturated rings. The molecule has 0 saturated heterocycles. The summed E-state index contributed by atoms with van der Waals surface area (Å²) in [6.45, 7) is 5.47. The van der Waals surface area contributed by atoms with Gasteiger partial charge >= 0.3 is 0 Å². The molecule has 126 valence electrons. The highest BCUT2D eigenvalue weighted by atomic mass is 127. The van der Waals surface area contributed by atoms with E-state index in [1.54, 1.807) is 30.5 Å². The minimum Gasteiger partial charge on any atom is -0.356 e. The van der Waals surface area contributed by atoms with Crippen LogP contribution in [-0.4, -0.2) is 24.5 Å². The van der Waals surface area contributed by atoms with E-state index < -0.39 is 0 Å². The minimum atomic E-state index is -0.221. The van der Waals surface area contributed by atoms with E-state index in [-0.39, 0.29) is 29.8 Å². The van der Waals surface area contributed by atoms with E-state index in [0.29, 0.717) is 6.54 Å². The van der Waals surface area contributed by atoms with Crippen LogP contribution < -0.4 is 10.6 Å². The van der Waals surface area contributed by atoms with Gasteiger partial charge in [0.05, 0.1) is 10.7 Å². The van der Waals surface area contributed by atoms with Crippen LogP contribution in [0, 0.1) is 19.7 Å². The van der Waals surface area contributed by atoms with Crippen LogP contribution in [0.25, 0.3) is 0 Å². The second-order valence-corrected chi connectivity index (χ2v) is 6.26. The normalized spacial score (nSPS) is 11.0. The molecule has 0 spiro atoms. The molecule has 0 aliphatic carbocycles. The molecule has 1 heterocycles. The molecule has 0 aliphatic rings. The topological polar surface area (TPSA) is 49.3 Å². The van der Waals surface area contributed by atoms with Crippen molar-refractivity contribution in [3.05, 3.63) is 51.2 Å². The first kappa shape index (κ1) is 19.8. The molecule has 0 unspecified atom stereocenters. The third-order valence-corrected chi connectivity index (χ3v) is 4.37. The Morgan fingerprint density at radius 3 is 2.48 bits per heavy atom. The largest absolute Gasteiger partial charge is 0.356 e. The van der Waals surface area contributed by atoms with Gasteiger partial charge in [0, 0.05) is 31.4 Å². The summed E-state index contributed by atoms with van der Waals surface area (Å²) in [5.41, 5.74) is 2.12. The van der Waals surface area contributed by atoms with Crippen LogP contribution in [0.4, 0.5) is 4.39 Å². The summed E-state index contributed by atoms with van der Waals surface area (Å²) in [6.07, 6.45) is 0.925. The lowest BCUT2D eigenvalue weighted by atomic mass is 10.2. The number of rotatable bonds is 5. The standard InChI is InChI=1S/C16H21FN4S.HI/c1-11-15(22-12(2)21-11)8-9-19-16(18-3)20-10-13-4-6-14(17)7-5-13;/h4-7H,8-10H2,1-3H3,(H2,18,19,20);1H. The molecule has 0 amide bonds. The number of hydrogen-bond acceptors (Lipinski definition) is 3. The number of guanidine groups is 1. The van der Waals surface area contributed by atoms with Crippen molar-refractivity contribution >= 4 is 41.3 Å². The number of hydrogen-bond donors (Lipinski definition) is 2. The fourth-order valence-electron chi connectivity index (χ4n) is 2.11. The first-order valence-corrected chi connectivity index (χ1v) is 8.02. The molecule has 1 aromatic heterocycles. The Kier molecular flexibility index (Phi) is 8.46. The third-order valence-electron chi connectivity index (χ3n) is 3.24. The maximum atomic E-state index is 12.9. The van der Waals surface area contributed by atoms with Gasteiger partial charge in [-0.05, 0) is 31.5 Å². The van der Waals surface area contributed by atoms with Crippen molar-refractivity contribution in [2.75, 3.05) is 13.6 Å². The Morgan fingerprint density at radius 1 is 1.22 bits per heavy atom. The zero-order chi connectivity index (χ0) is 15.9. The van der Waals surface area contributed by atoms with Crippen LogP contribution in [0.3, 0.4) is 0 Å². The predicted octanol–water partition coefficient (Wildman–Crippen LogP) is 3.42. The zero-order valence-electron chi connectivity index (χ0n) is 13.5. The predicted molar refractivity (Wildman–Crippen MR) is 105 cm³/mol. The van der Waals surface area contributed by atoms with E-state index in [1.807, 2.05) is 13.8 Å². The Balaban J connectivity index is 0.00000264. The molecule has 0 saturated carbocycles. The molecule has 0 atom stereocenters. The molecule has 4 nitrogen and oxygen atoms in total. The van der Waals surface area contributed by atoms with Gasteiger partial charge in [-0.2, -0.15) is 0 Å². The van der Waals surface area contributed by atoms with Gasteiger partial charge in [0.15, 0.2) is 5.96 Å². The lowest BCUT2D eigenvalue weighted by Gasteiger charge is -2.11. The maximum absolute atomic E-state index is 12.9. The Bertz CT molecular complexity index is 640. The van der Waals surface area contributed by atoms with Crippen LogP contribution in [0.5, 0.6) is 0 Å². The Hall–Kier alpha value is -1.22. The molecule has 7 heteroatoms. The van der Waals surface area contributed by atoms with Crippen LogP contribution in [0.1, 0.15) is 21.1 Å². The van der Waals surface area contributed by atoms with Crippen molar-refractivity contribution in [1.29, 1.82) is 0 Å². The third kappa shape index (κ3) is 6.42.